The van der Waals surface area contributed by atoms with E-state index >= 15 is 0 Å². The molecule has 32 heavy (non-hydrogen) atoms. The van der Waals surface area contributed by atoms with Crippen molar-refractivity contribution in [3.05, 3.63) is 57.0 Å². The third-order valence-corrected chi connectivity index (χ3v) is 6.76. The molecule has 1 saturated heterocycles. The normalized spacial score (nSPS) is 17.4. The molecular formula is C19H24FN2O9P. The smallest absolute Gasteiger partial charge is 0.378 e. The van der Waals surface area contributed by atoms with Crippen LogP contribution < -0.4 is 11.2 Å². The summed E-state index contributed by atoms with van der Waals surface area (Å²) in [4.78, 5) is 37.6. The average molecular weight is 474 g/mol. The van der Waals surface area contributed by atoms with Gasteiger partial charge in [0.2, 0.25) is 5.82 Å². The summed E-state index contributed by atoms with van der Waals surface area (Å²) in [5.41, 5.74) is -2.24. The fraction of sp³-hybridized carbons (Fsp3) is 0.526. The molecule has 0 radical (unpaired) electrons. The van der Waals surface area contributed by atoms with Gasteiger partial charge in [0.05, 0.1) is 25.7 Å². The summed E-state index contributed by atoms with van der Waals surface area (Å²) in [5, 5.41) is 0. The lowest BCUT2D eigenvalue weighted by Gasteiger charge is -2.24. The second kappa shape index (κ2) is 10.4. The Morgan fingerprint density at radius 3 is 2.59 bits per heavy atom. The van der Waals surface area contributed by atoms with Crippen LogP contribution in [0.2, 0.25) is 0 Å². The van der Waals surface area contributed by atoms with E-state index in [1.54, 1.807) is 13.8 Å². The third-order valence-electron chi connectivity index (χ3n) is 4.59. The number of halogens is 1. The Morgan fingerprint density at radius 2 is 2.03 bits per heavy atom. The number of esters is 1. The fourth-order valence-corrected chi connectivity index (χ4v) is 5.02. The maximum atomic E-state index is 14.2. The van der Waals surface area contributed by atoms with Crippen molar-refractivity contribution >= 4 is 13.6 Å². The predicted molar refractivity (Wildman–Crippen MR) is 108 cm³/mol. The summed E-state index contributed by atoms with van der Waals surface area (Å²) < 4.78 is 55.1. The van der Waals surface area contributed by atoms with Crippen molar-refractivity contribution in [3.63, 3.8) is 0 Å². The molecule has 13 heteroatoms. The minimum absolute atomic E-state index is 0.0124. The number of ether oxygens (including phenoxy) is 2. The van der Waals surface area contributed by atoms with Gasteiger partial charge in [-0.3, -0.25) is 18.7 Å². The maximum absolute atomic E-state index is 14.2. The molecule has 2 aromatic heterocycles. The summed E-state index contributed by atoms with van der Waals surface area (Å²) in [7, 11) is -4.04. The molecule has 3 rings (SSSR count). The van der Waals surface area contributed by atoms with Crippen molar-refractivity contribution in [1.29, 1.82) is 0 Å². The molecule has 176 valence electrons. The number of rotatable bonds is 10. The zero-order valence-electron chi connectivity index (χ0n) is 17.6. The van der Waals surface area contributed by atoms with Gasteiger partial charge in [-0.1, -0.05) is 0 Å². The molecule has 0 aliphatic carbocycles. The fourth-order valence-electron chi connectivity index (χ4n) is 3.25. The Bertz CT molecular complexity index is 1080. The number of furan rings is 1. The van der Waals surface area contributed by atoms with Gasteiger partial charge in [0.15, 0.2) is 5.76 Å². The van der Waals surface area contributed by atoms with E-state index in [1.165, 1.54) is 18.4 Å². The highest BCUT2D eigenvalue weighted by Gasteiger charge is 2.42. The molecule has 0 bridgehead atoms. The predicted octanol–water partition coefficient (Wildman–Crippen LogP) is 2.56. The molecule has 0 N–H and O–H groups in total. The van der Waals surface area contributed by atoms with Crippen LogP contribution in [0.3, 0.4) is 0 Å². The van der Waals surface area contributed by atoms with Crippen LogP contribution in [0.5, 0.6) is 0 Å². The van der Waals surface area contributed by atoms with E-state index in [0.717, 1.165) is 10.8 Å². The largest absolute Gasteiger partial charge is 0.465 e. The van der Waals surface area contributed by atoms with Gasteiger partial charge in [0, 0.05) is 6.61 Å². The van der Waals surface area contributed by atoms with E-state index in [4.69, 9.17) is 22.9 Å². The zero-order chi connectivity index (χ0) is 23.3. The van der Waals surface area contributed by atoms with Gasteiger partial charge in [-0.25, -0.2) is 9.36 Å². The minimum Gasteiger partial charge on any atom is -0.465 e. The highest BCUT2D eigenvalue weighted by atomic mass is 31.2. The summed E-state index contributed by atoms with van der Waals surface area (Å²) in [6.07, 6.45) is 2.40. The van der Waals surface area contributed by atoms with Crippen LogP contribution in [-0.2, 0) is 34.4 Å². The molecule has 2 aromatic rings. The number of carbonyl (C=O) groups excluding carboxylic acids is 1. The van der Waals surface area contributed by atoms with Crippen LogP contribution in [0.25, 0.3) is 0 Å². The Balaban J connectivity index is 1.91. The monoisotopic (exact) mass is 474 g/mol. The molecule has 2 atom stereocenters. The van der Waals surface area contributed by atoms with Crippen LogP contribution in [0, 0.1) is 5.82 Å². The van der Waals surface area contributed by atoms with Crippen LogP contribution in [0.4, 0.5) is 4.39 Å². The van der Waals surface area contributed by atoms with Gasteiger partial charge in [-0.05, 0) is 38.8 Å². The maximum Gasteiger partial charge on any atom is 0.378 e. The van der Waals surface area contributed by atoms with Crippen molar-refractivity contribution in [2.45, 2.75) is 45.3 Å². The highest BCUT2D eigenvalue weighted by molar-refractivity contribution is 7.54. The first-order valence-electron chi connectivity index (χ1n) is 10.1. The number of nitrogens with zero attached hydrogens (tertiary/aromatic N) is 2. The Hall–Kier alpha value is -2.53. The summed E-state index contributed by atoms with van der Waals surface area (Å²) in [5.74, 6) is -3.99. The molecule has 0 spiro atoms. The highest BCUT2D eigenvalue weighted by Crippen LogP contribution is 2.61. The minimum atomic E-state index is -4.04. The molecule has 3 heterocycles. The number of hydrogen-bond acceptors (Lipinski definition) is 9. The van der Waals surface area contributed by atoms with E-state index in [2.05, 4.69) is 0 Å². The number of hydrogen-bond donors (Lipinski definition) is 0. The first kappa shape index (κ1) is 24.1. The van der Waals surface area contributed by atoms with Gasteiger partial charge in [0.25, 0.3) is 11.4 Å². The standard InChI is InChI=1S/C19H24FN2O9P/c1-3-29-32(26,30-4-2)18(14-7-5-9-27-14)31-16(23)12-22-17(24)13(20)11-21(19(22)25)15-8-6-10-28-15/h5,7,9,11,15,18H,3-4,6,8,10,12H2,1-2H3/t15-,18?/m1/s1. The van der Waals surface area contributed by atoms with Gasteiger partial charge < -0.3 is 22.9 Å². The molecule has 1 unspecified atom stereocenters. The van der Waals surface area contributed by atoms with E-state index < -0.39 is 49.2 Å². The topological polar surface area (TPSA) is 128 Å². The number of carbonyl (C=O) groups is 1. The first-order valence-corrected chi connectivity index (χ1v) is 11.7. The molecular weight excluding hydrogens is 450 g/mol. The Kier molecular flexibility index (Phi) is 7.83. The lowest BCUT2D eigenvalue weighted by atomic mass is 10.3. The van der Waals surface area contributed by atoms with Gasteiger partial charge in [-0.15, -0.1) is 0 Å². The van der Waals surface area contributed by atoms with Crippen molar-refractivity contribution in [2.75, 3.05) is 19.8 Å². The quantitative estimate of drug-likeness (QED) is 0.377. The lowest BCUT2D eigenvalue weighted by molar-refractivity contribution is -0.148. The zero-order valence-corrected chi connectivity index (χ0v) is 18.5. The molecule has 0 saturated carbocycles. The second-order valence-corrected chi connectivity index (χ2v) is 8.82. The molecule has 0 aromatic carbocycles. The summed E-state index contributed by atoms with van der Waals surface area (Å²) in [6.45, 7) is 2.58. The van der Waals surface area contributed by atoms with Crippen molar-refractivity contribution < 1.29 is 36.7 Å². The van der Waals surface area contributed by atoms with Gasteiger partial charge >= 0.3 is 19.3 Å². The molecule has 11 nitrogen and oxygen atoms in total. The number of aromatic nitrogens is 2. The van der Waals surface area contributed by atoms with Gasteiger partial charge in [-0.2, -0.15) is 4.39 Å². The third kappa shape index (κ3) is 5.09. The van der Waals surface area contributed by atoms with Crippen LogP contribution >= 0.6 is 7.60 Å². The van der Waals surface area contributed by atoms with Gasteiger partial charge in [0.1, 0.15) is 12.8 Å². The molecule has 1 fully saturated rings. The lowest BCUT2D eigenvalue weighted by Crippen LogP contribution is -2.44. The Morgan fingerprint density at radius 1 is 1.31 bits per heavy atom. The van der Waals surface area contributed by atoms with Crippen LogP contribution in [-0.4, -0.2) is 34.9 Å². The Labute approximate surface area is 182 Å². The average Bonchev–Trinajstić information content (AvgIpc) is 3.46. The molecule has 1 aliphatic rings. The SMILES string of the molecule is CCOP(=O)(OCC)C(OC(=O)Cn1c(=O)c(F)cn([C@H]2CCCO2)c1=O)c1ccco1. The van der Waals surface area contributed by atoms with E-state index in [9.17, 15) is 23.3 Å². The van der Waals surface area contributed by atoms with Crippen LogP contribution in [0.1, 0.15) is 44.5 Å². The van der Waals surface area contributed by atoms with E-state index in [1.807, 2.05) is 0 Å². The summed E-state index contributed by atoms with van der Waals surface area (Å²) in [6, 6.07) is 2.89. The van der Waals surface area contributed by atoms with Crippen molar-refractivity contribution in [1.82, 2.24) is 9.13 Å². The van der Waals surface area contributed by atoms with Crippen LogP contribution in [0.15, 0.2) is 38.6 Å². The van der Waals surface area contributed by atoms with Crippen molar-refractivity contribution in [3.8, 4) is 0 Å². The van der Waals surface area contributed by atoms with Crippen molar-refractivity contribution in [2.24, 2.45) is 0 Å². The second-order valence-electron chi connectivity index (χ2n) is 6.76. The molecule has 0 amide bonds. The van der Waals surface area contributed by atoms with E-state index in [-0.39, 0.29) is 19.0 Å². The first-order chi connectivity index (χ1) is 15.3. The molecule has 1 aliphatic heterocycles. The summed E-state index contributed by atoms with van der Waals surface area (Å²) >= 11 is 0. The van der Waals surface area contributed by atoms with E-state index in [0.29, 0.717) is 24.0 Å².